The Morgan fingerprint density at radius 3 is 2.48 bits per heavy atom. The van der Waals surface area contributed by atoms with E-state index in [-0.39, 0.29) is 11.0 Å². The van der Waals surface area contributed by atoms with Crippen LogP contribution >= 0.6 is 11.3 Å². The maximum atomic E-state index is 13.3. The smallest absolute Gasteiger partial charge is 0.194 e. The molecule has 2 aromatic rings. The van der Waals surface area contributed by atoms with Gasteiger partial charge in [0.15, 0.2) is 17.5 Å². The van der Waals surface area contributed by atoms with Gasteiger partial charge in [0.25, 0.3) is 0 Å². The molecule has 0 bridgehead atoms. The fourth-order valence-corrected chi connectivity index (χ4v) is 3.75. The quantitative estimate of drug-likeness (QED) is 0.799. The van der Waals surface area contributed by atoms with E-state index in [1.807, 2.05) is 13.8 Å². The number of aliphatic hydroxyl groups excluding tert-OH is 1. The Hall–Kier alpha value is -1.40. The molecule has 2 nitrogen and oxygen atoms in total. The molecule has 3 rings (SSSR count). The van der Waals surface area contributed by atoms with Gasteiger partial charge in [-0.2, -0.15) is 0 Å². The van der Waals surface area contributed by atoms with E-state index < -0.39 is 23.6 Å². The Morgan fingerprint density at radius 1 is 1.24 bits per heavy atom. The molecule has 1 unspecified atom stereocenters. The molecule has 112 valence electrons. The second-order valence-corrected chi connectivity index (χ2v) is 7.18. The van der Waals surface area contributed by atoms with Gasteiger partial charge >= 0.3 is 0 Å². The van der Waals surface area contributed by atoms with Crippen LogP contribution in [0.5, 0.6) is 0 Å². The van der Waals surface area contributed by atoms with Crippen LogP contribution in [0, 0.1) is 22.9 Å². The third kappa shape index (κ3) is 2.58. The molecule has 0 saturated heterocycles. The molecule has 0 radical (unpaired) electrons. The number of benzene rings is 1. The minimum absolute atomic E-state index is 0.0724. The van der Waals surface area contributed by atoms with Crippen LogP contribution in [-0.4, -0.2) is 10.1 Å². The fourth-order valence-electron chi connectivity index (χ4n) is 2.69. The number of hydrogen-bond acceptors (Lipinski definition) is 3. The lowest BCUT2D eigenvalue weighted by molar-refractivity contribution is 0.102. The molecule has 0 spiro atoms. The summed E-state index contributed by atoms with van der Waals surface area (Å²) in [7, 11) is 0. The van der Waals surface area contributed by atoms with Crippen molar-refractivity contribution in [1.82, 2.24) is 4.98 Å². The maximum absolute atomic E-state index is 13.3. The Balaban J connectivity index is 2.06. The first-order valence-electron chi connectivity index (χ1n) is 6.59. The first-order valence-corrected chi connectivity index (χ1v) is 7.41. The molecule has 0 saturated carbocycles. The summed E-state index contributed by atoms with van der Waals surface area (Å²) in [6.07, 6.45) is 0.695. The van der Waals surface area contributed by atoms with Crippen LogP contribution in [0.4, 0.5) is 13.2 Å². The van der Waals surface area contributed by atoms with Crippen molar-refractivity contribution in [3.8, 4) is 10.6 Å². The molecule has 0 amide bonds. The van der Waals surface area contributed by atoms with Crippen molar-refractivity contribution in [1.29, 1.82) is 0 Å². The van der Waals surface area contributed by atoms with E-state index in [1.54, 1.807) is 0 Å². The molecule has 1 aromatic carbocycles. The monoisotopic (exact) mass is 313 g/mol. The van der Waals surface area contributed by atoms with E-state index in [1.165, 1.54) is 11.3 Å². The number of fused-ring (bicyclic) bond motifs is 1. The van der Waals surface area contributed by atoms with Gasteiger partial charge in [-0.3, -0.25) is 0 Å². The van der Waals surface area contributed by atoms with Gasteiger partial charge in [0.05, 0.1) is 16.7 Å². The lowest BCUT2D eigenvalue weighted by atomic mass is 9.77. The van der Waals surface area contributed by atoms with Crippen LogP contribution < -0.4 is 0 Å². The highest BCUT2D eigenvalue weighted by Crippen LogP contribution is 2.44. The molecule has 1 aromatic heterocycles. The zero-order valence-electron chi connectivity index (χ0n) is 11.6. The average Bonchev–Trinajstić information content (AvgIpc) is 2.77. The van der Waals surface area contributed by atoms with E-state index >= 15 is 0 Å². The van der Waals surface area contributed by atoms with E-state index in [9.17, 15) is 18.3 Å². The summed E-state index contributed by atoms with van der Waals surface area (Å²) in [5.74, 6) is -3.96. The van der Waals surface area contributed by atoms with E-state index in [0.29, 0.717) is 17.8 Å². The first-order chi connectivity index (χ1) is 9.77. The zero-order chi connectivity index (χ0) is 15.4. The van der Waals surface area contributed by atoms with Crippen LogP contribution in [0.3, 0.4) is 0 Å². The summed E-state index contributed by atoms with van der Waals surface area (Å²) in [6, 6.07) is 1.86. The number of thiazole rings is 1. The van der Waals surface area contributed by atoms with Gasteiger partial charge in [-0.1, -0.05) is 13.8 Å². The van der Waals surface area contributed by atoms with E-state index in [0.717, 1.165) is 22.7 Å². The molecule has 1 heterocycles. The van der Waals surface area contributed by atoms with Gasteiger partial charge in [0.1, 0.15) is 5.01 Å². The first kappa shape index (κ1) is 14.5. The van der Waals surface area contributed by atoms with Crippen molar-refractivity contribution < 1.29 is 18.3 Å². The highest BCUT2D eigenvalue weighted by Gasteiger charge is 2.34. The van der Waals surface area contributed by atoms with Crippen LogP contribution in [-0.2, 0) is 6.42 Å². The largest absolute Gasteiger partial charge is 0.387 e. The predicted molar refractivity (Wildman–Crippen MR) is 74.5 cm³/mol. The lowest BCUT2D eigenvalue weighted by Gasteiger charge is -2.31. The van der Waals surface area contributed by atoms with Gasteiger partial charge in [-0.25, -0.2) is 18.2 Å². The summed E-state index contributed by atoms with van der Waals surface area (Å²) < 4.78 is 39.7. The average molecular weight is 313 g/mol. The SMILES string of the molecule is CC1(C)Cc2nc(-c3cc(F)c(F)c(F)c3)sc2C(O)C1. The van der Waals surface area contributed by atoms with Gasteiger partial charge < -0.3 is 5.11 Å². The lowest BCUT2D eigenvalue weighted by Crippen LogP contribution is -2.24. The molecule has 0 fully saturated rings. The summed E-state index contributed by atoms with van der Waals surface area (Å²) in [4.78, 5) is 5.11. The second kappa shape index (κ2) is 4.81. The van der Waals surface area contributed by atoms with Crippen LogP contribution in [0.1, 0.15) is 36.9 Å². The Labute approximate surface area is 124 Å². The molecular formula is C15H14F3NOS. The molecule has 6 heteroatoms. The summed E-state index contributed by atoms with van der Waals surface area (Å²) in [5.41, 5.74) is 0.872. The second-order valence-electron chi connectivity index (χ2n) is 6.14. The van der Waals surface area contributed by atoms with Crippen LogP contribution in [0.15, 0.2) is 12.1 Å². The molecule has 1 aliphatic rings. The van der Waals surface area contributed by atoms with E-state index in [4.69, 9.17) is 0 Å². The number of aliphatic hydroxyl groups is 1. The minimum atomic E-state index is -1.48. The fraction of sp³-hybridized carbons (Fsp3) is 0.400. The third-order valence-corrected chi connectivity index (χ3v) is 4.90. The highest BCUT2D eigenvalue weighted by molar-refractivity contribution is 7.15. The van der Waals surface area contributed by atoms with Crippen LogP contribution in [0.2, 0.25) is 0 Å². The molecular weight excluding hydrogens is 299 g/mol. The van der Waals surface area contributed by atoms with Crippen molar-refractivity contribution in [2.45, 2.75) is 32.8 Å². The van der Waals surface area contributed by atoms with Crippen molar-refractivity contribution in [3.63, 3.8) is 0 Å². The number of halogens is 3. The van der Waals surface area contributed by atoms with Crippen molar-refractivity contribution in [3.05, 3.63) is 40.2 Å². The minimum Gasteiger partial charge on any atom is -0.387 e. The summed E-state index contributed by atoms with van der Waals surface area (Å²) in [6.45, 7) is 4.07. The molecule has 21 heavy (non-hydrogen) atoms. The Morgan fingerprint density at radius 2 is 1.86 bits per heavy atom. The topological polar surface area (TPSA) is 33.1 Å². The molecule has 0 aliphatic heterocycles. The zero-order valence-corrected chi connectivity index (χ0v) is 12.4. The maximum Gasteiger partial charge on any atom is 0.194 e. The standard InChI is InChI=1S/C15H14F3NOS/c1-15(2)5-10-13(11(20)6-15)21-14(19-10)7-3-8(16)12(18)9(17)4-7/h3-4,11,20H,5-6H2,1-2H3. The summed E-state index contributed by atoms with van der Waals surface area (Å²) in [5, 5.41) is 10.6. The summed E-state index contributed by atoms with van der Waals surface area (Å²) >= 11 is 1.20. The van der Waals surface area contributed by atoms with Gasteiger partial charge in [0.2, 0.25) is 0 Å². The van der Waals surface area contributed by atoms with E-state index in [2.05, 4.69) is 4.98 Å². The Kier molecular flexibility index (Phi) is 3.33. The van der Waals surface area contributed by atoms with Gasteiger partial charge in [-0.15, -0.1) is 11.3 Å². The highest BCUT2D eigenvalue weighted by atomic mass is 32.1. The third-order valence-electron chi connectivity index (χ3n) is 3.65. The number of hydrogen-bond donors (Lipinski definition) is 1. The van der Waals surface area contributed by atoms with Crippen molar-refractivity contribution in [2.75, 3.05) is 0 Å². The van der Waals surface area contributed by atoms with Gasteiger partial charge in [-0.05, 0) is 30.4 Å². The number of aromatic nitrogens is 1. The van der Waals surface area contributed by atoms with Crippen molar-refractivity contribution in [2.24, 2.45) is 5.41 Å². The predicted octanol–water partition coefficient (Wildman–Crippen LogP) is 4.23. The molecule has 1 atom stereocenters. The van der Waals surface area contributed by atoms with Crippen LogP contribution in [0.25, 0.3) is 10.6 Å². The van der Waals surface area contributed by atoms with Crippen molar-refractivity contribution >= 4 is 11.3 Å². The Bertz CT molecular complexity index is 688. The number of rotatable bonds is 1. The molecule has 1 N–H and O–H groups in total. The normalized spacial score (nSPS) is 20.4. The molecule has 1 aliphatic carbocycles. The number of nitrogens with zero attached hydrogens (tertiary/aromatic N) is 1. The van der Waals surface area contributed by atoms with Gasteiger partial charge in [0, 0.05) is 5.56 Å².